The summed E-state index contributed by atoms with van der Waals surface area (Å²) in [4.78, 5) is 21.1. The number of nitrogens with one attached hydrogen (secondary N) is 3. The zero-order valence-corrected chi connectivity index (χ0v) is 17.2. The van der Waals surface area contributed by atoms with E-state index in [-0.39, 0.29) is 10.8 Å². The van der Waals surface area contributed by atoms with Crippen molar-refractivity contribution in [3.63, 3.8) is 0 Å². The van der Waals surface area contributed by atoms with Crippen LogP contribution in [0.4, 0.5) is 16.0 Å². The van der Waals surface area contributed by atoms with Crippen molar-refractivity contribution in [2.75, 3.05) is 17.7 Å². The van der Waals surface area contributed by atoms with Crippen molar-refractivity contribution in [2.45, 2.75) is 18.7 Å². The number of thiazole rings is 2. The number of hydrogen-bond donors (Lipinski definition) is 3. The van der Waals surface area contributed by atoms with Gasteiger partial charge in [-0.2, -0.15) is 0 Å². The van der Waals surface area contributed by atoms with E-state index >= 15 is 0 Å². The predicted octanol–water partition coefficient (Wildman–Crippen LogP) is 3.19. The molecule has 0 atom stereocenters. The highest BCUT2D eigenvalue weighted by Crippen LogP contribution is 2.35. The lowest BCUT2D eigenvalue weighted by Crippen LogP contribution is -2.18. The van der Waals surface area contributed by atoms with Gasteiger partial charge in [0.05, 0.1) is 21.2 Å². The molecule has 0 unspecified atom stereocenters. The minimum atomic E-state index is -3.46. The molecule has 0 spiro atoms. The van der Waals surface area contributed by atoms with Crippen molar-refractivity contribution in [3.05, 3.63) is 35.3 Å². The van der Waals surface area contributed by atoms with Gasteiger partial charge in [-0.3, -0.25) is 4.79 Å². The average Bonchev–Trinajstić information content (AvgIpc) is 3.21. The van der Waals surface area contributed by atoms with E-state index in [4.69, 9.17) is 0 Å². The molecule has 3 N–H and O–H groups in total. The van der Waals surface area contributed by atoms with Crippen molar-refractivity contribution in [2.24, 2.45) is 0 Å². The summed E-state index contributed by atoms with van der Waals surface area (Å²) >= 11 is 2.79. The first-order chi connectivity index (χ1) is 12.8. The maximum atomic E-state index is 11.8. The Balaban J connectivity index is 1.77. The predicted molar refractivity (Wildman–Crippen MR) is 108 cm³/mol. The lowest BCUT2D eigenvalue weighted by molar-refractivity contribution is -0.114. The Morgan fingerprint density at radius 1 is 1.11 bits per heavy atom. The molecule has 0 aliphatic heterocycles. The number of aromatic nitrogens is 2. The van der Waals surface area contributed by atoms with Gasteiger partial charge >= 0.3 is 0 Å². The Bertz CT molecular complexity index is 1070. The minimum absolute atomic E-state index is 0.167. The second kappa shape index (κ2) is 7.72. The Labute approximate surface area is 164 Å². The highest BCUT2D eigenvalue weighted by atomic mass is 32.2. The molecule has 3 rings (SSSR count). The molecule has 2 heterocycles. The monoisotopic (exact) mass is 423 g/mol. The molecular weight excluding hydrogens is 406 g/mol. The van der Waals surface area contributed by atoms with Crippen LogP contribution in [-0.2, 0) is 14.8 Å². The molecule has 1 aromatic carbocycles. The summed E-state index contributed by atoms with van der Waals surface area (Å²) in [6.45, 7) is 3.30. The van der Waals surface area contributed by atoms with Crippen molar-refractivity contribution in [3.8, 4) is 10.6 Å². The fourth-order valence-corrected chi connectivity index (χ4v) is 4.73. The summed E-state index contributed by atoms with van der Waals surface area (Å²) in [7, 11) is -2.08. The number of rotatable bonds is 6. The first kappa shape index (κ1) is 19.4. The summed E-state index contributed by atoms with van der Waals surface area (Å²) in [5, 5.41) is 8.95. The quantitative estimate of drug-likeness (QED) is 0.561. The second-order valence-corrected chi connectivity index (χ2v) is 9.25. The third-order valence-corrected chi connectivity index (χ3v) is 6.78. The Hall–Kier alpha value is -2.34. The maximum Gasteiger partial charge on any atom is 0.240 e. The molecule has 8 nitrogen and oxygen atoms in total. The number of benzene rings is 1. The minimum Gasteiger partial charge on any atom is -0.332 e. The van der Waals surface area contributed by atoms with Crippen LogP contribution in [0.5, 0.6) is 0 Å². The fourth-order valence-electron chi connectivity index (χ4n) is 2.23. The number of carbonyl (C=O) groups excluding carboxylic acids is 1. The largest absolute Gasteiger partial charge is 0.332 e. The van der Waals surface area contributed by atoms with E-state index in [0.29, 0.717) is 10.3 Å². The summed E-state index contributed by atoms with van der Waals surface area (Å²) in [5.74, 6) is -0.167. The Kier molecular flexibility index (Phi) is 5.56. The van der Waals surface area contributed by atoms with Gasteiger partial charge in [-0.1, -0.05) is 11.3 Å². The lowest BCUT2D eigenvalue weighted by Gasteiger charge is -2.05. The zero-order valence-electron chi connectivity index (χ0n) is 14.7. The van der Waals surface area contributed by atoms with E-state index < -0.39 is 10.0 Å². The third-order valence-electron chi connectivity index (χ3n) is 3.50. The average molecular weight is 424 g/mol. The molecule has 2 aromatic heterocycles. The van der Waals surface area contributed by atoms with Crippen LogP contribution >= 0.6 is 22.7 Å². The van der Waals surface area contributed by atoms with E-state index in [1.807, 2.05) is 12.3 Å². The number of aryl methyl sites for hydroxylation is 1. The van der Waals surface area contributed by atoms with Crippen LogP contribution in [0.3, 0.4) is 0 Å². The molecule has 0 aliphatic carbocycles. The molecule has 3 aromatic rings. The van der Waals surface area contributed by atoms with Crippen LogP contribution in [0, 0.1) is 6.92 Å². The van der Waals surface area contributed by atoms with Gasteiger partial charge in [0.1, 0.15) is 0 Å². The number of anilines is 3. The number of amides is 1. The smallest absolute Gasteiger partial charge is 0.240 e. The van der Waals surface area contributed by atoms with Crippen molar-refractivity contribution < 1.29 is 13.2 Å². The number of carbonyl (C=O) groups is 1. The molecule has 0 aliphatic rings. The molecule has 0 radical (unpaired) electrons. The molecule has 0 saturated carbocycles. The maximum absolute atomic E-state index is 11.8. The van der Waals surface area contributed by atoms with Crippen LogP contribution in [-0.4, -0.2) is 31.3 Å². The van der Waals surface area contributed by atoms with Gasteiger partial charge in [0, 0.05) is 18.0 Å². The van der Waals surface area contributed by atoms with Gasteiger partial charge in [-0.05, 0) is 38.2 Å². The van der Waals surface area contributed by atoms with E-state index in [1.54, 1.807) is 12.1 Å². The van der Waals surface area contributed by atoms with Gasteiger partial charge in [-0.15, -0.1) is 11.3 Å². The molecular formula is C16H17N5O3S3. The molecule has 27 heavy (non-hydrogen) atoms. The van der Waals surface area contributed by atoms with Crippen LogP contribution in [0.2, 0.25) is 0 Å². The van der Waals surface area contributed by atoms with Crippen molar-refractivity contribution in [1.29, 1.82) is 0 Å². The van der Waals surface area contributed by atoms with Gasteiger partial charge < -0.3 is 10.6 Å². The Morgan fingerprint density at radius 2 is 1.81 bits per heavy atom. The lowest BCUT2D eigenvalue weighted by atomic mass is 10.3. The molecule has 0 bridgehead atoms. The van der Waals surface area contributed by atoms with E-state index in [9.17, 15) is 13.2 Å². The fraction of sp³-hybridized carbons (Fsp3) is 0.188. The van der Waals surface area contributed by atoms with Crippen LogP contribution < -0.4 is 15.4 Å². The third kappa shape index (κ3) is 4.50. The van der Waals surface area contributed by atoms with Gasteiger partial charge in [0.15, 0.2) is 10.3 Å². The van der Waals surface area contributed by atoms with E-state index in [2.05, 4.69) is 25.3 Å². The number of sulfonamides is 1. The van der Waals surface area contributed by atoms with Gasteiger partial charge in [-0.25, -0.2) is 23.1 Å². The number of nitrogens with zero attached hydrogens (tertiary/aromatic N) is 2. The van der Waals surface area contributed by atoms with Gasteiger partial charge in [0.25, 0.3) is 0 Å². The van der Waals surface area contributed by atoms with E-state index in [1.165, 1.54) is 48.8 Å². The molecule has 1 amide bonds. The first-order valence-electron chi connectivity index (χ1n) is 7.80. The number of hydrogen-bond acceptors (Lipinski definition) is 8. The van der Waals surface area contributed by atoms with E-state index in [0.717, 1.165) is 22.0 Å². The van der Waals surface area contributed by atoms with Crippen LogP contribution in [0.15, 0.2) is 34.5 Å². The normalized spacial score (nSPS) is 11.4. The standard InChI is InChI=1S/C16H17N5O3S3/c1-9-14(26-16(18-9)19-10(2)22)13-8-25-15(21-13)20-11-4-6-12(7-5-11)27(23,24)17-3/h4-8,17H,1-3H3,(H,20,21)(H,18,19,22). The Morgan fingerprint density at radius 3 is 2.44 bits per heavy atom. The molecule has 0 fully saturated rings. The van der Waals surface area contributed by atoms with Crippen molar-refractivity contribution >= 4 is 54.6 Å². The summed E-state index contributed by atoms with van der Waals surface area (Å²) in [5.41, 5.74) is 2.29. The second-order valence-electron chi connectivity index (χ2n) is 5.51. The first-order valence-corrected chi connectivity index (χ1v) is 11.0. The highest BCUT2D eigenvalue weighted by Gasteiger charge is 2.14. The van der Waals surface area contributed by atoms with Crippen LogP contribution in [0.1, 0.15) is 12.6 Å². The SMILES string of the molecule is CNS(=O)(=O)c1ccc(Nc2nc(-c3sc(NC(C)=O)nc3C)cs2)cc1. The summed E-state index contributed by atoms with van der Waals surface area (Å²) in [6.07, 6.45) is 0. The topological polar surface area (TPSA) is 113 Å². The van der Waals surface area contributed by atoms with Crippen molar-refractivity contribution in [1.82, 2.24) is 14.7 Å². The molecule has 0 saturated heterocycles. The molecule has 142 valence electrons. The van der Waals surface area contributed by atoms with Gasteiger partial charge in [0.2, 0.25) is 15.9 Å². The highest BCUT2D eigenvalue weighted by molar-refractivity contribution is 7.89. The zero-order chi connectivity index (χ0) is 19.6. The summed E-state index contributed by atoms with van der Waals surface area (Å²) in [6, 6.07) is 6.40. The molecule has 11 heteroatoms. The van der Waals surface area contributed by atoms with Crippen LogP contribution in [0.25, 0.3) is 10.6 Å². The summed E-state index contributed by atoms with van der Waals surface area (Å²) < 4.78 is 25.8.